The number of aryl methyl sites for hydroxylation is 2. The Morgan fingerprint density at radius 3 is 2.57 bits per heavy atom. The van der Waals surface area contributed by atoms with Gasteiger partial charge in [0.1, 0.15) is 11.9 Å². The summed E-state index contributed by atoms with van der Waals surface area (Å²) in [6.07, 6.45) is 5.29. The Balaban J connectivity index is 1.60. The molecule has 1 aromatic heterocycles. The number of anilines is 1. The second kappa shape index (κ2) is 4.89. The Hall–Kier alpha value is -2.34. The SMILES string of the molecule is N#Cc1cc2c(nc1NC1Cc3ccccc3C1)CCC2. The maximum absolute atomic E-state index is 9.37. The van der Waals surface area contributed by atoms with Gasteiger partial charge in [-0.1, -0.05) is 24.3 Å². The summed E-state index contributed by atoms with van der Waals surface area (Å²) >= 11 is 0. The van der Waals surface area contributed by atoms with E-state index < -0.39 is 0 Å². The van der Waals surface area contributed by atoms with E-state index in [0.717, 1.165) is 37.9 Å². The van der Waals surface area contributed by atoms with E-state index in [4.69, 9.17) is 4.98 Å². The van der Waals surface area contributed by atoms with E-state index in [0.29, 0.717) is 11.6 Å². The van der Waals surface area contributed by atoms with Crippen molar-refractivity contribution in [3.8, 4) is 6.07 Å². The zero-order chi connectivity index (χ0) is 14.2. The standard InChI is InChI=1S/C18H17N3/c19-11-15-8-14-6-3-7-17(14)21-18(15)20-16-9-12-4-1-2-5-13(12)10-16/h1-2,4-5,8,16H,3,6-7,9-10H2,(H,20,21). The lowest BCUT2D eigenvalue weighted by atomic mass is 10.1. The normalized spacial score (nSPS) is 16.3. The Morgan fingerprint density at radius 2 is 1.86 bits per heavy atom. The largest absolute Gasteiger partial charge is 0.366 e. The van der Waals surface area contributed by atoms with E-state index in [-0.39, 0.29) is 0 Å². The zero-order valence-electron chi connectivity index (χ0n) is 11.9. The van der Waals surface area contributed by atoms with Gasteiger partial charge in [0.05, 0.1) is 5.56 Å². The first-order chi connectivity index (χ1) is 10.3. The zero-order valence-corrected chi connectivity index (χ0v) is 11.9. The third-order valence-corrected chi connectivity index (χ3v) is 4.56. The fraction of sp³-hybridized carbons (Fsp3) is 0.333. The smallest absolute Gasteiger partial charge is 0.144 e. The number of benzene rings is 1. The van der Waals surface area contributed by atoms with E-state index in [1.54, 1.807) is 0 Å². The third kappa shape index (κ3) is 2.17. The van der Waals surface area contributed by atoms with Crippen LogP contribution in [0.3, 0.4) is 0 Å². The van der Waals surface area contributed by atoms with E-state index in [9.17, 15) is 5.26 Å². The van der Waals surface area contributed by atoms with E-state index in [2.05, 4.69) is 35.7 Å². The van der Waals surface area contributed by atoms with Gasteiger partial charge in [-0.25, -0.2) is 4.98 Å². The van der Waals surface area contributed by atoms with Crippen molar-refractivity contribution < 1.29 is 0 Å². The monoisotopic (exact) mass is 275 g/mol. The summed E-state index contributed by atoms with van der Waals surface area (Å²) < 4.78 is 0. The number of nitriles is 1. The minimum atomic E-state index is 0.349. The Bertz CT molecular complexity index is 718. The lowest BCUT2D eigenvalue weighted by Crippen LogP contribution is -2.21. The molecule has 0 amide bonds. The van der Waals surface area contributed by atoms with Crippen molar-refractivity contribution in [2.45, 2.75) is 38.1 Å². The van der Waals surface area contributed by atoms with Gasteiger partial charge in [0, 0.05) is 11.7 Å². The molecular formula is C18H17N3. The van der Waals surface area contributed by atoms with Crippen molar-refractivity contribution in [1.82, 2.24) is 4.98 Å². The van der Waals surface area contributed by atoms with E-state index in [1.165, 1.54) is 22.4 Å². The highest BCUT2D eigenvalue weighted by Crippen LogP contribution is 2.28. The van der Waals surface area contributed by atoms with Crippen LogP contribution in [0.25, 0.3) is 0 Å². The number of fused-ring (bicyclic) bond motifs is 2. The number of pyridine rings is 1. The van der Waals surface area contributed by atoms with Crippen LogP contribution in [0.4, 0.5) is 5.82 Å². The molecule has 1 heterocycles. The van der Waals surface area contributed by atoms with Crippen LogP contribution in [-0.2, 0) is 25.7 Å². The molecule has 0 spiro atoms. The third-order valence-electron chi connectivity index (χ3n) is 4.56. The highest BCUT2D eigenvalue weighted by Gasteiger charge is 2.23. The van der Waals surface area contributed by atoms with Crippen LogP contribution in [0.1, 0.15) is 34.4 Å². The Morgan fingerprint density at radius 1 is 1.10 bits per heavy atom. The molecule has 104 valence electrons. The Kier molecular flexibility index (Phi) is 2.89. The first kappa shape index (κ1) is 12.4. The minimum Gasteiger partial charge on any atom is -0.366 e. The quantitative estimate of drug-likeness (QED) is 0.916. The summed E-state index contributed by atoms with van der Waals surface area (Å²) in [6.45, 7) is 0. The highest BCUT2D eigenvalue weighted by atomic mass is 15.0. The van der Waals surface area contributed by atoms with Crippen molar-refractivity contribution in [2.75, 3.05) is 5.32 Å². The van der Waals surface area contributed by atoms with Gasteiger partial charge in [0.2, 0.25) is 0 Å². The second-order valence-electron chi connectivity index (χ2n) is 5.97. The summed E-state index contributed by atoms with van der Waals surface area (Å²) in [6, 6.07) is 13.2. The van der Waals surface area contributed by atoms with Crippen molar-refractivity contribution in [1.29, 1.82) is 5.26 Å². The number of hydrogen-bond acceptors (Lipinski definition) is 3. The predicted octanol–water partition coefficient (Wildman–Crippen LogP) is 3.02. The summed E-state index contributed by atoms with van der Waals surface area (Å²) in [5, 5.41) is 12.9. The fourth-order valence-corrected chi connectivity index (χ4v) is 3.52. The molecular weight excluding hydrogens is 258 g/mol. The summed E-state index contributed by atoms with van der Waals surface area (Å²) in [4.78, 5) is 4.72. The molecule has 0 saturated heterocycles. The molecule has 3 nitrogen and oxygen atoms in total. The first-order valence-corrected chi connectivity index (χ1v) is 7.59. The summed E-state index contributed by atoms with van der Waals surface area (Å²) in [5.41, 5.74) is 5.94. The van der Waals surface area contributed by atoms with Gasteiger partial charge in [-0.3, -0.25) is 0 Å². The molecule has 0 unspecified atom stereocenters. The molecule has 1 aromatic carbocycles. The Labute approximate surface area is 124 Å². The van der Waals surface area contributed by atoms with Crippen LogP contribution in [0.15, 0.2) is 30.3 Å². The lowest BCUT2D eigenvalue weighted by Gasteiger charge is -2.15. The maximum atomic E-state index is 9.37. The van der Waals surface area contributed by atoms with Gasteiger partial charge in [0.25, 0.3) is 0 Å². The average molecular weight is 275 g/mol. The second-order valence-corrected chi connectivity index (χ2v) is 5.97. The van der Waals surface area contributed by atoms with Gasteiger partial charge in [-0.15, -0.1) is 0 Å². The number of rotatable bonds is 2. The molecule has 0 bridgehead atoms. The van der Waals surface area contributed by atoms with Crippen molar-refractivity contribution >= 4 is 5.82 Å². The van der Waals surface area contributed by atoms with Crippen LogP contribution in [0, 0.1) is 11.3 Å². The van der Waals surface area contributed by atoms with Crippen molar-refractivity contribution in [3.63, 3.8) is 0 Å². The number of nitrogens with one attached hydrogen (secondary N) is 1. The molecule has 4 rings (SSSR count). The number of hydrogen-bond donors (Lipinski definition) is 1. The molecule has 0 saturated carbocycles. The molecule has 2 aromatic rings. The predicted molar refractivity (Wildman–Crippen MR) is 82.2 cm³/mol. The topological polar surface area (TPSA) is 48.7 Å². The van der Waals surface area contributed by atoms with Crippen LogP contribution in [0.5, 0.6) is 0 Å². The van der Waals surface area contributed by atoms with Crippen molar-refractivity contribution in [2.24, 2.45) is 0 Å². The summed E-state index contributed by atoms with van der Waals surface area (Å²) in [7, 11) is 0. The van der Waals surface area contributed by atoms with Gasteiger partial charge >= 0.3 is 0 Å². The van der Waals surface area contributed by atoms with Crippen LogP contribution < -0.4 is 5.32 Å². The van der Waals surface area contributed by atoms with Crippen molar-refractivity contribution in [3.05, 3.63) is 58.3 Å². The van der Waals surface area contributed by atoms with Gasteiger partial charge in [0.15, 0.2) is 0 Å². The summed E-state index contributed by atoms with van der Waals surface area (Å²) in [5.74, 6) is 0.774. The van der Waals surface area contributed by atoms with E-state index >= 15 is 0 Å². The minimum absolute atomic E-state index is 0.349. The molecule has 1 N–H and O–H groups in total. The molecule has 2 aliphatic rings. The van der Waals surface area contributed by atoms with E-state index in [1.807, 2.05) is 6.07 Å². The lowest BCUT2D eigenvalue weighted by molar-refractivity contribution is 0.766. The molecule has 0 fully saturated rings. The maximum Gasteiger partial charge on any atom is 0.144 e. The van der Waals surface area contributed by atoms with Gasteiger partial charge < -0.3 is 5.32 Å². The molecule has 2 aliphatic carbocycles. The van der Waals surface area contributed by atoms with Crippen LogP contribution in [0.2, 0.25) is 0 Å². The number of aromatic nitrogens is 1. The fourth-order valence-electron chi connectivity index (χ4n) is 3.52. The average Bonchev–Trinajstić information content (AvgIpc) is 3.11. The highest BCUT2D eigenvalue weighted by molar-refractivity contribution is 5.56. The molecule has 0 atom stereocenters. The molecule has 21 heavy (non-hydrogen) atoms. The van der Waals surface area contributed by atoms with Crippen LogP contribution in [-0.4, -0.2) is 11.0 Å². The first-order valence-electron chi connectivity index (χ1n) is 7.59. The molecule has 0 aliphatic heterocycles. The molecule has 3 heteroatoms. The van der Waals surface area contributed by atoms with Crippen LogP contribution >= 0.6 is 0 Å². The molecule has 0 radical (unpaired) electrons. The number of nitrogens with zero attached hydrogens (tertiary/aromatic N) is 2. The van der Waals surface area contributed by atoms with Gasteiger partial charge in [-0.2, -0.15) is 5.26 Å². The van der Waals surface area contributed by atoms with Gasteiger partial charge in [-0.05, 0) is 54.9 Å².